The molecule has 2 rings (SSSR count). The molecule has 1 aliphatic rings. The Hall–Kier alpha value is -1.88. The molecule has 1 fully saturated rings. The highest BCUT2D eigenvalue weighted by Crippen LogP contribution is 2.30. The van der Waals surface area contributed by atoms with E-state index in [1.807, 2.05) is 30.3 Å². The molecule has 0 aromatic heterocycles. The molecule has 0 aliphatic heterocycles. The third kappa shape index (κ3) is 6.40. The van der Waals surface area contributed by atoms with E-state index in [1.165, 1.54) is 5.56 Å². The van der Waals surface area contributed by atoms with E-state index < -0.39 is 5.60 Å². The number of hydrogen-bond donors (Lipinski definition) is 3. The molecule has 0 heterocycles. The van der Waals surface area contributed by atoms with Gasteiger partial charge in [0.15, 0.2) is 0 Å². The lowest BCUT2D eigenvalue weighted by molar-refractivity contribution is -0.133. The van der Waals surface area contributed by atoms with E-state index in [1.54, 1.807) is 0 Å². The van der Waals surface area contributed by atoms with Gasteiger partial charge in [0.1, 0.15) is 0 Å². The van der Waals surface area contributed by atoms with Crippen LogP contribution in [-0.2, 0) is 16.0 Å². The molecular weight excluding hydrogens is 292 g/mol. The molecule has 0 spiro atoms. The van der Waals surface area contributed by atoms with Gasteiger partial charge in [-0.3, -0.25) is 20.4 Å². The Balaban J connectivity index is 1.61. The number of rotatable bonds is 6. The highest BCUT2D eigenvalue weighted by atomic mass is 16.3. The largest absolute Gasteiger partial charge is 0.389 e. The second kappa shape index (κ2) is 8.67. The van der Waals surface area contributed by atoms with Crippen LogP contribution in [0.5, 0.6) is 0 Å². The van der Waals surface area contributed by atoms with Crippen LogP contribution >= 0.6 is 0 Å². The van der Waals surface area contributed by atoms with Gasteiger partial charge in [-0.25, -0.2) is 0 Å². The smallest absolute Gasteiger partial charge is 0.241 e. The Kier molecular flexibility index (Phi) is 6.59. The maximum absolute atomic E-state index is 11.8. The predicted molar refractivity (Wildman–Crippen MR) is 88.3 cm³/mol. The zero-order valence-corrected chi connectivity index (χ0v) is 13.5. The highest BCUT2D eigenvalue weighted by molar-refractivity contribution is 5.82. The van der Waals surface area contributed by atoms with Crippen LogP contribution in [0.4, 0.5) is 0 Å². The fraction of sp³-hybridized carbons (Fsp3) is 0.556. The molecule has 1 aromatic rings. The summed E-state index contributed by atoms with van der Waals surface area (Å²) in [6.07, 6.45) is 6.32. The van der Waals surface area contributed by atoms with Crippen molar-refractivity contribution in [2.24, 2.45) is 0 Å². The maximum atomic E-state index is 11.8. The summed E-state index contributed by atoms with van der Waals surface area (Å²) in [7, 11) is 0. The first-order chi connectivity index (χ1) is 11.1. The number of benzene rings is 1. The van der Waals surface area contributed by atoms with Crippen LogP contribution in [0.1, 0.15) is 56.9 Å². The highest BCUT2D eigenvalue weighted by Gasteiger charge is 2.31. The Morgan fingerprint density at radius 2 is 1.65 bits per heavy atom. The van der Waals surface area contributed by atoms with Gasteiger partial charge in [0, 0.05) is 6.42 Å². The van der Waals surface area contributed by atoms with Crippen LogP contribution in [0.25, 0.3) is 0 Å². The average Bonchev–Trinajstić information content (AvgIpc) is 2.54. The van der Waals surface area contributed by atoms with E-state index >= 15 is 0 Å². The third-order valence-corrected chi connectivity index (χ3v) is 4.33. The summed E-state index contributed by atoms with van der Waals surface area (Å²) >= 11 is 0. The number of amides is 2. The van der Waals surface area contributed by atoms with Gasteiger partial charge in [-0.05, 0) is 31.2 Å². The number of carbonyl (C=O) groups excluding carboxylic acids is 2. The van der Waals surface area contributed by atoms with Crippen molar-refractivity contribution in [1.29, 1.82) is 0 Å². The maximum Gasteiger partial charge on any atom is 0.241 e. The van der Waals surface area contributed by atoms with Gasteiger partial charge in [-0.1, -0.05) is 49.6 Å². The zero-order valence-electron chi connectivity index (χ0n) is 13.5. The number of carbonyl (C=O) groups is 2. The normalized spacial score (nSPS) is 16.6. The van der Waals surface area contributed by atoms with Crippen molar-refractivity contribution < 1.29 is 14.7 Å². The summed E-state index contributed by atoms with van der Waals surface area (Å²) in [5, 5.41) is 10.3. The number of aryl methyl sites for hydroxylation is 1. The predicted octanol–water partition coefficient (Wildman–Crippen LogP) is 2.24. The van der Waals surface area contributed by atoms with Gasteiger partial charge < -0.3 is 5.11 Å². The van der Waals surface area contributed by atoms with E-state index in [0.717, 1.165) is 32.1 Å². The molecule has 1 saturated carbocycles. The second-order valence-corrected chi connectivity index (χ2v) is 6.40. The molecule has 0 bridgehead atoms. The first-order valence-electron chi connectivity index (χ1n) is 8.41. The molecule has 0 radical (unpaired) electrons. The van der Waals surface area contributed by atoms with Crippen molar-refractivity contribution in [2.45, 2.75) is 63.4 Å². The SMILES string of the molecule is O=C(CCCc1ccccc1)NNC(=O)CC1(O)CCCCC1. The van der Waals surface area contributed by atoms with Crippen molar-refractivity contribution in [3.8, 4) is 0 Å². The van der Waals surface area contributed by atoms with Crippen molar-refractivity contribution in [3.63, 3.8) is 0 Å². The van der Waals surface area contributed by atoms with E-state index in [9.17, 15) is 14.7 Å². The van der Waals surface area contributed by atoms with Crippen LogP contribution in [0, 0.1) is 0 Å². The Morgan fingerprint density at radius 1 is 1.00 bits per heavy atom. The zero-order chi connectivity index (χ0) is 16.5. The molecule has 126 valence electrons. The molecule has 1 aromatic carbocycles. The molecule has 0 atom stereocenters. The van der Waals surface area contributed by atoms with Gasteiger partial charge in [-0.15, -0.1) is 0 Å². The van der Waals surface area contributed by atoms with Crippen LogP contribution < -0.4 is 10.9 Å². The summed E-state index contributed by atoms with van der Waals surface area (Å²) in [6, 6.07) is 9.98. The minimum absolute atomic E-state index is 0.0529. The topological polar surface area (TPSA) is 78.4 Å². The van der Waals surface area contributed by atoms with Crippen LogP contribution in [0.3, 0.4) is 0 Å². The number of hydrogen-bond acceptors (Lipinski definition) is 3. The summed E-state index contributed by atoms with van der Waals surface area (Å²) in [6.45, 7) is 0. The van der Waals surface area contributed by atoms with E-state index in [2.05, 4.69) is 10.9 Å². The van der Waals surface area contributed by atoms with Gasteiger partial charge >= 0.3 is 0 Å². The van der Waals surface area contributed by atoms with Gasteiger partial charge in [0.2, 0.25) is 11.8 Å². The van der Waals surface area contributed by atoms with Crippen LogP contribution in [0.2, 0.25) is 0 Å². The monoisotopic (exact) mass is 318 g/mol. The fourth-order valence-corrected chi connectivity index (χ4v) is 3.03. The lowest BCUT2D eigenvalue weighted by atomic mass is 9.82. The van der Waals surface area contributed by atoms with E-state index in [-0.39, 0.29) is 18.2 Å². The Bertz CT molecular complexity index is 510. The molecule has 5 nitrogen and oxygen atoms in total. The Morgan fingerprint density at radius 3 is 2.35 bits per heavy atom. The molecule has 3 N–H and O–H groups in total. The standard InChI is InChI=1S/C18H26N2O3/c21-16(11-7-10-15-8-3-1-4-9-15)19-20-17(22)14-18(23)12-5-2-6-13-18/h1,3-4,8-9,23H,2,5-7,10-14H2,(H,19,21)(H,20,22). The minimum atomic E-state index is -0.902. The average molecular weight is 318 g/mol. The molecule has 0 saturated heterocycles. The minimum Gasteiger partial charge on any atom is -0.389 e. The lowest BCUT2D eigenvalue weighted by Crippen LogP contribution is -2.45. The summed E-state index contributed by atoms with van der Waals surface area (Å²) < 4.78 is 0. The van der Waals surface area contributed by atoms with E-state index in [4.69, 9.17) is 0 Å². The second-order valence-electron chi connectivity index (χ2n) is 6.40. The van der Waals surface area contributed by atoms with Crippen molar-refractivity contribution in [1.82, 2.24) is 10.9 Å². The van der Waals surface area contributed by atoms with Crippen LogP contribution in [-0.4, -0.2) is 22.5 Å². The van der Waals surface area contributed by atoms with Gasteiger partial charge in [0.25, 0.3) is 0 Å². The molecular formula is C18H26N2O3. The number of nitrogens with one attached hydrogen (secondary N) is 2. The van der Waals surface area contributed by atoms with Crippen LogP contribution in [0.15, 0.2) is 30.3 Å². The molecule has 0 unspecified atom stereocenters. The molecule has 5 heteroatoms. The van der Waals surface area contributed by atoms with Crippen molar-refractivity contribution in [2.75, 3.05) is 0 Å². The first-order valence-corrected chi connectivity index (χ1v) is 8.41. The lowest BCUT2D eigenvalue weighted by Gasteiger charge is -2.31. The van der Waals surface area contributed by atoms with Gasteiger partial charge in [-0.2, -0.15) is 0 Å². The number of aliphatic hydroxyl groups is 1. The summed E-state index contributed by atoms with van der Waals surface area (Å²) in [4.78, 5) is 23.6. The Labute approximate surface area is 137 Å². The van der Waals surface area contributed by atoms with Crippen molar-refractivity contribution >= 4 is 11.8 Å². The molecule has 23 heavy (non-hydrogen) atoms. The molecule has 2 amide bonds. The van der Waals surface area contributed by atoms with E-state index in [0.29, 0.717) is 19.3 Å². The quantitative estimate of drug-likeness (QED) is 0.704. The summed E-state index contributed by atoms with van der Waals surface area (Å²) in [5.74, 6) is -0.532. The third-order valence-electron chi connectivity index (χ3n) is 4.33. The summed E-state index contributed by atoms with van der Waals surface area (Å²) in [5.41, 5.74) is 5.13. The first kappa shape index (κ1) is 17.5. The molecule has 1 aliphatic carbocycles. The fourth-order valence-electron chi connectivity index (χ4n) is 3.03. The van der Waals surface area contributed by atoms with Gasteiger partial charge in [0.05, 0.1) is 12.0 Å². The number of hydrazine groups is 1. The van der Waals surface area contributed by atoms with Crippen molar-refractivity contribution in [3.05, 3.63) is 35.9 Å².